The van der Waals surface area contributed by atoms with E-state index in [-0.39, 0.29) is 5.91 Å². The number of aromatic amines is 1. The number of imidazole rings is 1. The van der Waals surface area contributed by atoms with Gasteiger partial charge in [-0.3, -0.25) is 4.79 Å². The molecule has 27 heavy (non-hydrogen) atoms. The molecule has 4 rings (SSSR count). The van der Waals surface area contributed by atoms with Crippen molar-refractivity contribution in [2.75, 3.05) is 12.4 Å². The summed E-state index contributed by atoms with van der Waals surface area (Å²) in [7, 11) is 1.53. The molecule has 0 aliphatic carbocycles. The number of H-pyrrole nitrogens is 1. The number of aromatic nitrogens is 2. The number of halogens is 1. The second kappa shape index (κ2) is 7.13. The zero-order chi connectivity index (χ0) is 18.8. The number of para-hydroxylation sites is 2. The van der Waals surface area contributed by atoms with Crippen LogP contribution in [0, 0.1) is 0 Å². The minimum absolute atomic E-state index is 0.249. The molecular weight excluding hydrogens is 362 g/mol. The van der Waals surface area contributed by atoms with E-state index in [1.54, 1.807) is 18.2 Å². The van der Waals surface area contributed by atoms with Crippen molar-refractivity contribution < 1.29 is 9.53 Å². The zero-order valence-electron chi connectivity index (χ0n) is 14.5. The number of fused-ring (bicyclic) bond motifs is 1. The first-order valence-electron chi connectivity index (χ1n) is 8.34. The lowest BCUT2D eigenvalue weighted by Gasteiger charge is -2.08. The Morgan fingerprint density at radius 3 is 2.70 bits per heavy atom. The summed E-state index contributed by atoms with van der Waals surface area (Å²) in [6, 6.07) is 20.3. The molecule has 1 aromatic heterocycles. The number of hydrogen-bond donors (Lipinski definition) is 2. The average molecular weight is 378 g/mol. The third-order valence-electron chi connectivity index (χ3n) is 4.20. The van der Waals surface area contributed by atoms with Gasteiger partial charge in [0.15, 0.2) is 0 Å². The number of methoxy groups -OCH3 is 1. The van der Waals surface area contributed by atoms with Crippen LogP contribution in [0.25, 0.3) is 22.4 Å². The summed E-state index contributed by atoms with van der Waals surface area (Å²) in [5.74, 6) is 1.03. The number of ether oxygens (including phenoxy) is 1. The van der Waals surface area contributed by atoms with Crippen LogP contribution in [0.4, 0.5) is 5.69 Å². The lowest BCUT2D eigenvalue weighted by atomic mass is 10.1. The van der Waals surface area contributed by atoms with Crippen LogP contribution in [0.5, 0.6) is 5.75 Å². The van der Waals surface area contributed by atoms with Gasteiger partial charge in [-0.25, -0.2) is 4.98 Å². The van der Waals surface area contributed by atoms with Crippen molar-refractivity contribution in [3.8, 4) is 17.1 Å². The highest BCUT2D eigenvalue weighted by Crippen LogP contribution is 2.26. The predicted molar refractivity (Wildman–Crippen MR) is 107 cm³/mol. The molecular formula is C21H16ClN3O2. The fourth-order valence-electron chi connectivity index (χ4n) is 2.84. The number of rotatable bonds is 4. The van der Waals surface area contributed by atoms with E-state index in [1.807, 2.05) is 48.5 Å². The van der Waals surface area contributed by atoms with E-state index >= 15 is 0 Å². The summed E-state index contributed by atoms with van der Waals surface area (Å²) >= 11 is 6.10. The van der Waals surface area contributed by atoms with Crippen LogP contribution in [0.1, 0.15) is 10.4 Å². The Bertz CT molecular complexity index is 1100. The number of carbonyl (C=O) groups excluding carboxylic acids is 1. The maximum absolute atomic E-state index is 12.5. The van der Waals surface area contributed by atoms with Crippen molar-refractivity contribution in [3.63, 3.8) is 0 Å². The second-order valence-corrected chi connectivity index (χ2v) is 6.39. The molecule has 0 saturated carbocycles. The fraction of sp³-hybridized carbons (Fsp3) is 0.0476. The van der Waals surface area contributed by atoms with Crippen molar-refractivity contribution in [1.29, 1.82) is 0 Å². The lowest BCUT2D eigenvalue weighted by Crippen LogP contribution is -2.11. The first-order valence-corrected chi connectivity index (χ1v) is 8.72. The van der Waals surface area contributed by atoms with Crippen molar-refractivity contribution in [2.24, 2.45) is 0 Å². The SMILES string of the molecule is COc1ccc(C(=O)Nc2cccc(-c3nc4ccccc4[nH]3)c2)cc1Cl. The maximum Gasteiger partial charge on any atom is 0.255 e. The summed E-state index contributed by atoms with van der Waals surface area (Å²) in [5, 5.41) is 3.28. The van der Waals surface area contributed by atoms with Gasteiger partial charge in [-0.2, -0.15) is 0 Å². The number of anilines is 1. The highest BCUT2D eigenvalue weighted by atomic mass is 35.5. The van der Waals surface area contributed by atoms with Gasteiger partial charge in [-0.15, -0.1) is 0 Å². The van der Waals surface area contributed by atoms with Gasteiger partial charge in [0.25, 0.3) is 5.91 Å². The molecule has 0 spiro atoms. The lowest BCUT2D eigenvalue weighted by molar-refractivity contribution is 0.102. The molecule has 0 aliphatic rings. The van der Waals surface area contributed by atoms with Gasteiger partial charge in [-0.1, -0.05) is 35.9 Å². The molecule has 134 valence electrons. The minimum Gasteiger partial charge on any atom is -0.495 e. The first kappa shape index (κ1) is 17.1. The highest BCUT2D eigenvalue weighted by molar-refractivity contribution is 6.32. The normalized spacial score (nSPS) is 10.7. The molecule has 0 atom stereocenters. The molecule has 0 saturated heterocycles. The van der Waals surface area contributed by atoms with Gasteiger partial charge in [0.2, 0.25) is 0 Å². The number of amides is 1. The number of carbonyl (C=O) groups is 1. The maximum atomic E-state index is 12.5. The van der Waals surface area contributed by atoms with Crippen LogP contribution in [0.3, 0.4) is 0 Å². The first-order chi connectivity index (χ1) is 13.1. The smallest absolute Gasteiger partial charge is 0.255 e. The molecule has 1 heterocycles. The van der Waals surface area contributed by atoms with Crippen molar-refractivity contribution >= 4 is 34.2 Å². The Morgan fingerprint density at radius 1 is 1.07 bits per heavy atom. The Morgan fingerprint density at radius 2 is 1.93 bits per heavy atom. The third-order valence-corrected chi connectivity index (χ3v) is 4.49. The van der Waals surface area contributed by atoms with Crippen molar-refractivity contribution in [1.82, 2.24) is 9.97 Å². The van der Waals surface area contributed by atoms with Crippen LogP contribution in [-0.4, -0.2) is 23.0 Å². The van der Waals surface area contributed by atoms with E-state index in [9.17, 15) is 4.79 Å². The van der Waals surface area contributed by atoms with E-state index < -0.39 is 0 Å². The average Bonchev–Trinajstić information content (AvgIpc) is 3.12. The Hall–Kier alpha value is -3.31. The summed E-state index contributed by atoms with van der Waals surface area (Å²) in [4.78, 5) is 20.4. The summed E-state index contributed by atoms with van der Waals surface area (Å²) in [5.41, 5.74) is 3.88. The highest BCUT2D eigenvalue weighted by Gasteiger charge is 2.11. The Kier molecular flexibility index (Phi) is 4.52. The van der Waals surface area contributed by atoms with Gasteiger partial charge in [0.1, 0.15) is 11.6 Å². The minimum atomic E-state index is -0.249. The van der Waals surface area contributed by atoms with Gasteiger partial charge in [0.05, 0.1) is 23.2 Å². The van der Waals surface area contributed by atoms with Crippen molar-refractivity contribution in [2.45, 2.75) is 0 Å². The fourth-order valence-corrected chi connectivity index (χ4v) is 3.10. The molecule has 1 amide bonds. The molecule has 3 aromatic carbocycles. The molecule has 0 fully saturated rings. The molecule has 0 bridgehead atoms. The molecule has 0 unspecified atom stereocenters. The Balaban J connectivity index is 1.59. The van der Waals surface area contributed by atoms with Gasteiger partial charge < -0.3 is 15.0 Å². The molecule has 4 aromatic rings. The zero-order valence-corrected chi connectivity index (χ0v) is 15.2. The van der Waals surface area contributed by atoms with Crippen LogP contribution >= 0.6 is 11.6 Å². The molecule has 6 heteroatoms. The molecule has 0 radical (unpaired) electrons. The standard InChI is InChI=1S/C21H16ClN3O2/c1-27-19-10-9-14(12-16(19)22)21(26)23-15-6-4-5-13(11-15)20-24-17-7-2-3-8-18(17)25-20/h2-12H,1H3,(H,23,26)(H,24,25). The number of nitrogens with zero attached hydrogens (tertiary/aromatic N) is 1. The van der Waals surface area contributed by atoms with Crippen molar-refractivity contribution in [3.05, 3.63) is 77.3 Å². The monoisotopic (exact) mass is 377 g/mol. The van der Waals surface area contributed by atoms with Crippen LogP contribution < -0.4 is 10.1 Å². The molecule has 2 N–H and O–H groups in total. The third kappa shape index (κ3) is 3.50. The van der Waals surface area contributed by atoms with Crippen LogP contribution in [0.15, 0.2) is 66.7 Å². The number of benzene rings is 3. The van der Waals surface area contributed by atoms with E-state index in [0.717, 1.165) is 22.4 Å². The van der Waals surface area contributed by atoms with E-state index in [0.29, 0.717) is 22.0 Å². The second-order valence-electron chi connectivity index (χ2n) is 5.99. The largest absolute Gasteiger partial charge is 0.495 e. The Labute approximate surface area is 161 Å². The van der Waals surface area contributed by atoms with Crippen LogP contribution in [-0.2, 0) is 0 Å². The van der Waals surface area contributed by atoms with Gasteiger partial charge >= 0.3 is 0 Å². The number of hydrogen-bond acceptors (Lipinski definition) is 3. The van der Waals surface area contributed by atoms with Crippen LogP contribution in [0.2, 0.25) is 5.02 Å². The predicted octanol–water partition coefficient (Wildman–Crippen LogP) is 5.14. The molecule has 0 aliphatic heterocycles. The summed E-state index contributed by atoms with van der Waals surface area (Å²) in [6.45, 7) is 0. The number of nitrogens with one attached hydrogen (secondary N) is 2. The topological polar surface area (TPSA) is 67.0 Å². The summed E-state index contributed by atoms with van der Waals surface area (Å²) < 4.78 is 5.11. The summed E-state index contributed by atoms with van der Waals surface area (Å²) in [6.07, 6.45) is 0. The van der Waals surface area contributed by atoms with E-state index in [2.05, 4.69) is 15.3 Å². The van der Waals surface area contributed by atoms with Gasteiger partial charge in [0, 0.05) is 16.8 Å². The molecule has 5 nitrogen and oxygen atoms in total. The van der Waals surface area contributed by atoms with E-state index in [4.69, 9.17) is 16.3 Å². The van der Waals surface area contributed by atoms with Gasteiger partial charge in [-0.05, 0) is 42.5 Å². The van der Waals surface area contributed by atoms with E-state index in [1.165, 1.54) is 7.11 Å². The quantitative estimate of drug-likeness (QED) is 0.517.